The molecule has 0 aromatic rings. The largest absolute Gasteiger partial charge is 0.295 e. The molecule has 1 nitrogen and oxygen atoms in total. The van der Waals surface area contributed by atoms with Crippen LogP contribution in [0.2, 0.25) is 0 Å². The van der Waals surface area contributed by atoms with Crippen molar-refractivity contribution in [3.05, 3.63) is 23.8 Å². The fraction of sp³-hybridized carbons (Fsp3) is 0.667. The maximum absolute atomic E-state index is 11.5. The average molecular weight is 218 g/mol. The molecule has 2 rings (SSSR count). The first-order valence-corrected chi connectivity index (χ1v) is 6.33. The Kier molecular flexibility index (Phi) is 2.81. The summed E-state index contributed by atoms with van der Waals surface area (Å²) in [6.07, 6.45) is 6.32. The molecule has 0 aliphatic heterocycles. The summed E-state index contributed by atoms with van der Waals surface area (Å²) in [5.41, 5.74) is 2.94. The van der Waals surface area contributed by atoms with Gasteiger partial charge in [0.15, 0.2) is 5.78 Å². The number of hydrogen-bond donors (Lipinski definition) is 0. The van der Waals surface area contributed by atoms with Crippen molar-refractivity contribution in [3.63, 3.8) is 0 Å². The topological polar surface area (TPSA) is 17.1 Å². The third-order valence-electron chi connectivity index (χ3n) is 4.86. The molecule has 1 spiro atoms. The van der Waals surface area contributed by atoms with Crippen molar-refractivity contribution < 1.29 is 4.79 Å². The van der Waals surface area contributed by atoms with E-state index in [2.05, 4.69) is 27.4 Å². The van der Waals surface area contributed by atoms with E-state index >= 15 is 0 Å². The monoisotopic (exact) mass is 218 g/mol. The van der Waals surface area contributed by atoms with Gasteiger partial charge in [-0.3, -0.25) is 4.79 Å². The molecule has 0 heterocycles. The van der Waals surface area contributed by atoms with Crippen molar-refractivity contribution >= 4 is 5.78 Å². The summed E-state index contributed by atoms with van der Waals surface area (Å²) in [5, 5.41) is 0. The fourth-order valence-electron chi connectivity index (χ4n) is 3.63. The number of carbonyl (C=O) groups excluding carboxylic acids is 1. The lowest BCUT2D eigenvalue weighted by Crippen LogP contribution is -2.33. The van der Waals surface area contributed by atoms with Crippen LogP contribution in [0.4, 0.5) is 0 Å². The highest BCUT2D eigenvalue weighted by atomic mass is 16.1. The van der Waals surface area contributed by atoms with Gasteiger partial charge < -0.3 is 0 Å². The summed E-state index contributed by atoms with van der Waals surface area (Å²) in [4.78, 5) is 11.5. The minimum atomic E-state index is 0.303. The molecule has 1 heteroatoms. The Labute approximate surface area is 98.6 Å². The SMILES string of the molecule is C=C(C)[C@@H]1CCC2(C1)C(C)=CC(=O)C[C@H]2C. The Morgan fingerprint density at radius 1 is 1.56 bits per heavy atom. The lowest BCUT2D eigenvalue weighted by molar-refractivity contribution is -0.117. The molecule has 1 saturated carbocycles. The van der Waals surface area contributed by atoms with Gasteiger partial charge in [-0.15, -0.1) is 0 Å². The molecule has 0 bridgehead atoms. The molecule has 0 saturated heterocycles. The zero-order valence-corrected chi connectivity index (χ0v) is 10.7. The zero-order valence-electron chi connectivity index (χ0n) is 10.7. The first-order valence-electron chi connectivity index (χ1n) is 6.33. The predicted molar refractivity (Wildman–Crippen MR) is 67.1 cm³/mol. The van der Waals surface area contributed by atoms with Gasteiger partial charge in [0.05, 0.1) is 0 Å². The third-order valence-corrected chi connectivity index (χ3v) is 4.86. The van der Waals surface area contributed by atoms with Gasteiger partial charge in [-0.25, -0.2) is 0 Å². The first kappa shape index (κ1) is 11.6. The maximum Gasteiger partial charge on any atom is 0.155 e. The number of rotatable bonds is 1. The van der Waals surface area contributed by atoms with Gasteiger partial charge >= 0.3 is 0 Å². The fourth-order valence-corrected chi connectivity index (χ4v) is 3.63. The standard InChI is InChI=1S/C15H22O/c1-10(2)13-5-6-15(9-13)11(3)7-14(16)8-12(15)4/h7,12-13H,1,5-6,8-9H2,2-4H3/t12-,13-,15?/m1/s1. The first-order chi connectivity index (χ1) is 7.45. The summed E-state index contributed by atoms with van der Waals surface area (Å²) in [7, 11) is 0. The van der Waals surface area contributed by atoms with Crippen molar-refractivity contribution in [1.82, 2.24) is 0 Å². The predicted octanol–water partition coefficient (Wildman–Crippen LogP) is 3.90. The van der Waals surface area contributed by atoms with Gasteiger partial charge in [0.25, 0.3) is 0 Å². The maximum atomic E-state index is 11.5. The second-order valence-corrected chi connectivity index (χ2v) is 5.84. The van der Waals surface area contributed by atoms with Crippen LogP contribution in [-0.2, 0) is 4.79 Å². The van der Waals surface area contributed by atoms with Crippen molar-refractivity contribution in [2.75, 3.05) is 0 Å². The van der Waals surface area contributed by atoms with Crippen LogP contribution in [0.5, 0.6) is 0 Å². The highest BCUT2D eigenvalue weighted by Gasteiger charge is 2.46. The Balaban J connectivity index is 2.29. The molecule has 0 aromatic carbocycles. The quantitative estimate of drug-likeness (QED) is 0.610. The van der Waals surface area contributed by atoms with E-state index in [0.717, 1.165) is 6.42 Å². The Bertz CT molecular complexity index is 364. The van der Waals surface area contributed by atoms with E-state index in [1.165, 1.54) is 30.4 Å². The number of ketones is 1. The average Bonchev–Trinajstić information content (AvgIpc) is 2.60. The van der Waals surface area contributed by atoms with Crippen LogP contribution < -0.4 is 0 Å². The second-order valence-electron chi connectivity index (χ2n) is 5.84. The lowest BCUT2D eigenvalue weighted by atomic mass is 9.64. The number of allylic oxidation sites excluding steroid dienone is 3. The van der Waals surface area contributed by atoms with Gasteiger partial charge in [-0.1, -0.05) is 24.6 Å². The summed E-state index contributed by atoms with van der Waals surface area (Å²) in [5.74, 6) is 1.49. The van der Waals surface area contributed by atoms with Crippen molar-refractivity contribution in [2.45, 2.75) is 46.5 Å². The molecule has 0 aromatic heterocycles. The lowest BCUT2D eigenvalue weighted by Gasteiger charge is -2.39. The molecule has 2 aliphatic rings. The van der Waals surface area contributed by atoms with Crippen LogP contribution >= 0.6 is 0 Å². The van der Waals surface area contributed by atoms with Gasteiger partial charge in [0.1, 0.15) is 0 Å². The summed E-state index contributed by atoms with van der Waals surface area (Å²) in [6, 6.07) is 0. The Hall–Kier alpha value is -0.850. The normalized spacial score (nSPS) is 38.9. The van der Waals surface area contributed by atoms with E-state index in [0.29, 0.717) is 23.0 Å². The van der Waals surface area contributed by atoms with E-state index in [1.54, 1.807) is 0 Å². The molecule has 1 fully saturated rings. The van der Waals surface area contributed by atoms with Gasteiger partial charge in [0, 0.05) is 6.42 Å². The third kappa shape index (κ3) is 1.66. The second kappa shape index (κ2) is 3.87. The highest BCUT2D eigenvalue weighted by Crippen LogP contribution is 2.55. The minimum Gasteiger partial charge on any atom is -0.295 e. The van der Waals surface area contributed by atoms with Gasteiger partial charge in [0.2, 0.25) is 0 Å². The van der Waals surface area contributed by atoms with E-state index in [9.17, 15) is 4.79 Å². The Morgan fingerprint density at radius 2 is 2.25 bits per heavy atom. The van der Waals surface area contributed by atoms with Crippen molar-refractivity contribution in [3.8, 4) is 0 Å². The van der Waals surface area contributed by atoms with Crippen LogP contribution in [-0.4, -0.2) is 5.78 Å². The van der Waals surface area contributed by atoms with Crippen LogP contribution in [0.3, 0.4) is 0 Å². The zero-order chi connectivity index (χ0) is 11.9. The van der Waals surface area contributed by atoms with Gasteiger partial charge in [-0.2, -0.15) is 0 Å². The highest BCUT2D eigenvalue weighted by molar-refractivity contribution is 5.91. The van der Waals surface area contributed by atoms with Gasteiger partial charge in [-0.05, 0) is 56.4 Å². The van der Waals surface area contributed by atoms with Crippen LogP contribution in [0.25, 0.3) is 0 Å². The summed E-state index contributed by atoms with van der Waals surface area (Å²) >= 11 is 0. The summed E-state index contributed by atoms with van der Waals surface area (Å²) < 4.78 is 0. The molecule has 1 unspecified atom stereocenters. The molecule has 3 atom stereocenters. The number of hydrogen-bond acceptors (Lipinski definition) is 1. The molecular formula is C15H22O. The van der Waals surface area contributed by atoms with Crippen LogP contribution in [0.1, 0.15) is 46.5 Å². The molecule has 0 radical (unpaired) electrons. The van der Waals surface area contributed by atoms with E-state index in [4.69, 9.17) is 0 Å². The van der Waals surface area contributed by atoms with Crippen LogP contribution in [0.15, 0.2) is 23.8 Å². The van der Waals surface area contributed by atoms with Crippen molar-refractivity contribution in [1.29, 1.82) is 0 Å². The smallest absolute Gasteiger partial charge is 0.155 e. The minimum absolute atomic E-state index is 0.303. The van der Waals surface area contributed by atoms with Crippen LogP contribution in [0, 0.1) is 17.3 Å². The van der Waals surface area contributed by atoms with E-state index < -0.39 is 0 Å². The summed E-state index contributed by atoms with van der Waals surface area (Å²) in [6.45, 7) is 10.6. The Morgan fingerprint density at radius 3 is 2.75 bits per heavy atom. The van der Waals surface area contributed by atoms with E-state index in [-0.39, 0.29) is 0 Å². The number of carbonyl (C=O) groups is 1. The molecule has 16 heavy (non-hydrogen) atoms. The molecule has 0 amide bonds. The van der Waals surface area contributed by atoms with Crippen molar-refractivity contribution in [2.24, 2.45) is 17.3 Å². The van der Waals surface area contributed by atoms with E-state index in [1.807, 2.05) is 6.08 Å². The molecule has 88 valence electrons. The molecule has 2 aliphatic carbocycles. The molecule has 0 N–H and O–H groups in total. The molecular weight excluding hydrogens is 196 g/mol.